The number of primary amides is 1. The lowest BCUT2D eigenvalue weighted by molar-refractivity contribution is -0.126. The Labute approximate surface area is 226 Å². The summed E-state index contributed by atoms with van der Waals surface area (Å²) in [7, 11) is -1.93. The number of sulfonamides is 1. The van der Waals surface area contributed by atoms with Gasteiger partial charge in [0.05, 0.1) is 47.2 Å². The number of carbonyl (C=O) groups is 1. The van der Waals surface area contributed by atoms with Gasteiger partial charge in [-0.15, -0.1) is 0 Å². The lowest BCUT2D eigenvalue weighted by atomic mass is 9.65. The quantitative estimate of drug-likeness (QED) is 0.379. The van der Waals surface area contributed by atoms with Gasteiger partial charge in [0.15, 0.2) is 0 Å². The third-order valence-electron chi connectivity index (χ3n) is 7.36. The first kappa shape index (κ1) is 26.9. The highest BCUT2D eigenvalue weighted by Crippen LogP contribution is 2.46. The Morgan fingerprint density at radius 1 is 1.13 bits per heavy atom. The van der Waals surface area contributed by atoms with Crippen LogP contribution in [0.1, 0.15) is 56.3 Å². The van der Waals surface area contributed by atoms with E-state index >= 15 is 0 Å². The third-order valence-corrected chi connectivity index (χ3v) is 9.17. The van der Waals surface area contributed by atoms with Gasteiger partial charge in [-0.25, -0.2) is 23.4 Å². The maximum atomic E-state index is 13.0. The molecule has 0 aromatic carbocycles. The van der Waals surface area contributed by atoms with Gasteiger partial charge in [0.25, 0.3) is 0 Å². The van der Waals surface area contributed by atoms with Gasteiger partial charge in [-0.3, -0.25) is 19.5 Å². The highest BCUT2D eigenvalue weighted by atomic mass is 32.2. The van der Waals surface area contributed by atoms with Crippen molar-refractivity contribution < 1.29 is 22.7 Å². The molecular formula is C26H31N7O5S. The van der Waals surface area contributed by atoms with Crippen molar-refractivity contribution in [3.63, 3.8) is 0 Å². The third kappa shape index (κ3) is 5.55. The summed E-state index contributed by atoms with van der Waals surface area (Å²) in [6, 6.07) is 5.39. The predicted molar refractivity (Wildman–Crippen MR) is 142 cm³/mol. The summed E-state index contributed by atoms with van der Waals surface area (Å²) in [4.78, 5) is 34.9. The molecule has 39 heavy (non-hydrogen) atoms. The van der Waals surface area contributed by atoms with Gasteiger partial charge in [-0.1, -0.05) is 0 Å². The van der Waals surface area contributed by atoms with Crippen molar-refractivity contribution in [2.24, 2.45) is 5.73 Å². The number of anilines is 1. The van der Waals surface area contributed by atoms with E-state index in [2.05, 4.69) is 24.7 Å². The zero-order valence-electron chi connectivity index (χ0n) is 21.8. The molecular weight excluding hydrogens is 522 g/mol. The number of nitrogens with zero attached hydrogens (tertiary/aromatic N) is 5. The Hall–Kier alpha value is -3.71. The molecule has 2 saturated carbocycles. The molecule has 3 atom stereocenters. The minimum Gasteiger partial charge on any atom is -0.477 e. The molecule has 3 aromatic rings. The second kappa shape index (κ2) is 10.8. The summed E-state index contributed by atoms with van der Waals surface area (Å²) >= 11 is 0. The van der Waals surface area contributed by atoms with Gasteiger partial charge in [0.2, 0.25) is 27.8 Å². The molecule has 13 heteroatoms. The molecule has 3 heterocycles. The van der Waals surface area contributed by atoms with Crippen LogP contribution in [-0.4, -0.2) is 64.3 Å². The zero-order chi connectivity index (χ0) is 27.6. The van der Waals surface area contributed by atoms with Crippen molar-refractivity contribution in [1.82, 2.24) is 24.9 Å². The van der Waals surface area contributed by atoms with Crippen LogP contribution in [0, 0.1) is 0 Å². The molecule has 3 unspecified atom stereocenters. The topological polar surface area (TPSA) is 172 Å². The summed E-state index contributed by atoms with van der Waals surface area (Å²) < 4.78 is 38.6. The van der Waals surface area contributed by atoms with E-state index in [9.17, 15) is 13.2 Å². The summed E-state index contributed by atoms with van der Waals surface area (Å²) in [6.07, 6.45) is 8.57. The van der Waals surface area contributed by atoms with Gasteiger partial charge < -0.3 is 15.2 Å². The van der Waals surface area contributed by atoms with Crippen LogP contribution in [0.25, 0.3) is 11.3 Å². The molecule has 2 fully saturated rings. The normalized spacial score (nSPS) is 23.2. The number of amides is 1. The number of ether oxygens (including phenoxy) is 2. The van der Waals surface area contributed by atoms with Gasteiger partial charge in [0.1, 0.15) is 0 Å². The van der Waals surface area contributed by atoms with Crippen LogP contribution >= 0.6 is 0 Å². The first-order valence-corrected chi connectivity index (χ1v) is 14.4. The second-order valence-corrected chi connectivity index (χ2v) is 11.8. The summed E-state index contributed by atoms with van der Waals surface area (Å²) in [5.41, 5.74) is 7.35. The van der Waals surface area contributed by atoms with Gasteiger partial charge in [-0.05, 0) is 57.2 Å². The molecule has 3 aromatic heterocycles. The molecule has 0 saturated heterocycles. The highest BCUT2D eigenvalue weighted by Gasteiger charge is 2.48. The first-order chi connectivity index (χ1) is 18.8. The molecule has 2 aliphatic carbocycles. The summed E-state index contributed by atoms with van der Waals surface area (Å²) in [6.45, 7) is 2.36. The number of nitrogens with one attached hydrogen (secondary N) is 1. The number of hydrogen-bond donors (Lipinski definition) is 2. The Morgan fingerprint density at radius 2 is 1.95 bits per heavy atom. The minimum absolute atomic E-state index is 0.0664. The zero-order valence-corrected chi connectivity index (χ0v) is 22.6. The second-order valence-electron chi connectivity index (χ2n) is 9.83. The highest BCUT2D eigenvalue weighted by molar-refractivity contribution is 7.93. The summed E-state index contributed by atoms with van der Waals surface area (Å²) in [5, 5.41) is -0.432. The van der Waals surface area contributed by atoms with E-state index in [4.69, 9.17) is 20.2 Å². The Balaban J connectivity index is 1.44. The van der Waals surface area contributed by atoms with E-state index < -0.39 is 26.6 Å². The molecule has 2 aliphatic rings. The van der Waals surface area contributed by atoms with Crippen LogP contribution in [0.15, 0.2) is 43.0 Å². The largest absolute Gasteiger partial charge is 0.477 e. The number of carbonyl (C=O) groups excluding carboxylic acids is 1. The van der Waals surface area contributed by atoms with Crippen LogP contribution in [0.4, 0.5) is 5.95 Å². The lowest BCUT2D eigenvalue weighted by Crippen LogP contribution is -2.48. The molecule has 0 radical (unpaired) electrons. The Kier molecular flexibility index (Phi) is 7.45. The van der Waals surface area contributed by atoms with Crippen molar-refractivity contribution in [3.8, 4) is 17.1 Å². The van der Waals surface area contributed by atoms with Gasteiger partial charge in [-0.2, -0.15) is 0 Å². The predicted octanol–water partition coefficient (Wildman–Crippen LogP) is 2.34. The van der Waals surface area contributed by atoms with Crippen LogP contribution in [0.3, 0.4) is 0 Å². The average Bonchev–Trinajstić information content (AvgIpc) is 3.80. The van der Waals surface area contributed by atoms with E-state index in [1.807, 2.05) is 19.1 Å². The number of hydrogen-bond acceptors (Lipinski definition) is 10. The molecule has 5 rings (SSSR count). The molecule has 0 bridgehead atoms. The number of nitrogens with two attached hydrogens (primary N) is 1. The molecule has 206 valence electrons. The smallest absolute Gasteiger partial charge is 0.237 e. The van der Waals surface area contributed by atoms with Crippen molar-refractivity contribution in [2.75, 3.05) is 18.4 Å². The number of pyridine rings is 1. The summed E-state index contributed by atoms with van der Waals surface area (Å²) in [5.74, 6) is -0.451. The van der Waals surface area contributed by atoms with Crippen molar-refractivity contribution in [3.05, 3.63) is 54.4 Å². The van der Waals surface area contributed by atoms with Gasteiger partial charge >= 0.3 is 0 Å². The number of methoxy groups -OCH3 is 1. The van der Waals surface area contributed by atoms with E-state index in [0.717, 1.165) is 11.3 Å². The van der Waals surface area contributed by atoms with E-state index in [0.29, 0.717) is 56.0 Å². The maximum Gasteiger partial charge on any atom is 0.237 e. The fourth-order valence-corrected chi connectivity index (χ4v) is 6.38. The molecule has 0 aliphatic heterocycles. The van der Waals surface area contributed by atoms with Crippen LogP contribution < -0.4 is 15.2 Å². The SMILES string of the molecule is CCOc1cncc(-c2ccc(C3CC(C(N)=O)(c4ccnc(NS(=O)(=O)C5CC5)n4)CCC3OC)nc2)n1. The van der Waals surface area contributed by atoms with E-state index in [1.54, 1.807) is 31.8 Å². The van der Waals surface area contributed by atoms with Crippen LogP contribution in [0.2, 0.25) is 0 Å². The van der Waals surface area contributed by atoms with E-state index in [1.165, 1.54) is 6.20 Å². The Bertz CT molecular complexity index is 1450. The maximum absolute atomic E-state index is 13.0. The molecule has 3 N–H and O–H groups in total. The number of rotatable bonds is 10. The van der Waals surface area contributed by atoms with Crippen LogP contribution in [-0.2, 0) is 25.0 Å². The van der Waals surface area contributed by atoms with Crippen molar-refractivity contribution in [2.45, 2.75) is 61.7 Å². The fourth-order valence-electron chi connectivity index (χ4n) is 5.10. The fraction of sp³-hybridized carbons (Fsp3) is 0.462. The van der Waals surface area contributed by atoms with Crippen molar-refractivity contribution >= 4 is 21.9 Å². The minimum atomic E-state index is -3.57. The molecule has 12 nitrogen and oxygen atoms in total. The molecule has 0 spiro atoms. The monoisotopic (exact) mass is 553 g/mol. The van der Waals surface area contributed by atoms with E-state index in [-0.39, 0.29) is 18.0 Å². The number of aromatic nitrogens is 5. The van der Waals surface area contributed by atoms with Crippen LogP contribution in [0.5, 0.6) is 5.88 Å². The van der Waals surface area contributed by atoms with Crippen molar-refractivity contribution in [1.29, 1.82) is 0 Å². The van der Waals surface area contributed by atoms with Gasteiger partial charge in [0, 0.05) is 36.7 Å². The first-order valence-electron chi connectivity index (χ1n) is 12.8. The average molecular weight is 554 g/mol. The molecule has 1 amide bonds. The Morgan fingerprint density at radius 3 is 2.62 bits per heavy atom. The standard InChI is InChI=1S/C26H31N7O5S/c1-3-38-23-15-28-14-20(31-23)16-4-7-19(30-13-16)18-12-26(24(27)34,10-8-21(18)37-2)22-9-11-29-25(32-22)33-39(35,36)17-5-6-17/h4,7,9,11,13-15,17-18,21H,3,5-6,8,10,12H2,1-2H3,(H2,27,34)(H,29,32,33). The lowest BCUT2D eigenvalue weighted by Gasteiger charge is -2.41.